The Kier molecular flexibility index (Phi) is 6.00. The smallest absolute Gasteiger partial charge is 0.243 e. The molecule has 2 aromatic rings. The zero-order chi connectivity index (χ0) is 17.6. The van der Waals surface area contributed by atoms with Crippen LogP contribution in [-0.4, -0.2) is 28.1 Å². The fourth-order valence-electron chi connectivity index (χ4n) is 4.63. The summed E-state index contributed by atoms with van der Waals surface area (Å²) >= 11 is 0. The zero-order valence-electron chi connectivity index (χ0n) is 15.8. The molecule has 0 radical (unpaired) electrons. The molecule has 1 aliphatic heterocycles. The van der Waals surface area contributed by atoms with E-state index in [1.807, 2.05) is 0 Å². The quantitative estimate of drug-likeness (QED) is 0.705. The fourth-order valence-corrected chi connectivity index (χ4v) is 4.63. The van der Waals surface area contributed by atoms with Crippen LogP contribution in [0.25, 0.3) is 0 Å². The van der Waals surface area contributed by atoms with Crippen LogP contribution in [0, 0.1) is 5.92 Å². The van der Waals surface area contributed by atoms with Gasteiger partial charge in [0, 0.05) is 13.0 Å². The molecule has 4 heteroatoms. The van der Waals surface area contributed by atoms with Crippen LogP contribution in [0.3, 0.4) is 0 Å². The minimum absolute atomic E-state index is 0.354. The van der Waals surface area contributed by atoms with E-state index in [4.69, 9.17) is 9.51 Å². The average molecular weight is 354 g/mol. The third-order valence-electron chi connectivity index (χ3n) is 6.06. The molecule has 0 bridgehead atoms. The summed E-state index contributed by atoms with van der Waals surface area (Å²) in [6.45, 7) is 2.41. The molecular weight excluding hydrogens is 322 g/mol. The lowest BCUT2D eigenvalue weighted by atomic mass is 9.89. The molecule has 0 spiro atoms. The minimum atomic E-state index is 0.354. The minimum Gasteiger partial charge on any atom is -0.338 e. The number of benzene rings is 1. The van der Waals surface area contributed by atoms with Crippen LogP contribution in [0.1, 0.15) is 74.7 Å². The largest absolute Gasteiger partial charge is 0.338 e. The summed E-state index contributed by atoms with van der Waals surface area (Å²) in [5.41, 5.74) is 1.38. The Morgan fingerprint density at radius 3 is 2.65 bits per heavy atom. The van der Waals surface area contributed by atoms with E-state index in [-0.39, 0.29) is 0 Å². The second-order valence-corrected chi connectivity index (χ2v) is 8.04. The molecule has 0 amide bonds. The molecule has 140 valence electrons. The molecule has 1 aromatic carbocycles. The number of nitrogens with zero attached hydrogens (tertiary/aromatic N) is 3. The van der Waals surface area contributed by atoms with Crippen molar-refractivity contribution in [3.05, 3.63) is 47.6 Å². The lowest BCUT2D eigenvalue weighted by Gasteiger charge is -2.29. The first kappa shape index (κ1) is 17.7. The highest BCUT2D eigenvalue weighted by atomic mass is 16.5. The van der Waals surface area contributed by atoms with E-state index >= 15 is 0 Å². The Labute approximate surface area is 157 Å². The van der Waals surface area contributed by atoms with E-state index in [1.165, 1.54) is 63.6 Å². The molecule has 2 fully saturated rings. The number of hydrogen-bond donors (Lipinski definition) is 0. The van der Waals surface area contributed by atoms with Crippen molar-refractivity contribution in [2.75, 3.05) is 13.1 Å². The van der Waals surface area contributed by atoms with Gasteiger partial charge in [0.15, 0.2) is 5.82 Å². The number of aromatic nitrogens is 2. The van der Waals surface area contributed by atoms with Crippen LogP contribution < -0.4 is 0 Å². The SMILES string of the molecule is c1ccc(CCCc2noc(C3CCCN3CC3CCCCC3)n2)cc1. The Balaban J connectivity index is 1.30. The maximum absolute atomic E-state index is 5.67. The predicted molar refractivity (Wildman–Crippen MR) is 103 cm³/mol. The van der Waals surface area contributed by atoms with E-state index in [9.17, 15) is 0 Å². The second-order valence-electron chi connectivity index (χ2n) is 8.04. The maximum Gasteiger partial charge on any atom is 0.243 e. The lowest BCUT2D eigenvalue weighted by Crippen LogP contribution is -2.30. The normalized spacial score (nSPS) is 22.1. The third kappa shape index (κ3) is 4.53. The van der Waals surface area contributed by atoms with Gasteiger partial charge in [0.05, 0.1) is 6.04 Å². The molecule has 1 saturated carbocycles. The van der Waals surface area contributed by atoms with Gasteiger partial charge in [0.2, 0.25) is 5.89 Å². The lowest BCUT2D eigenvalue weighted by molar-refractivity contribution is 0.162. The first-order valence-electron chi connectivity index (χ1n) is 10.5. The molecule has 0 N–H and O–H groups in total. The molecule has 4 rings (SSSR count). The summed E-state index contributed by atoms with van der Waals surface area (Å²) in [6.07, 6.45) is 12.5. The van der Waals surface area contributed by atoms with Crippen LogP contribution in [0.2, 0.25) is 0 Å². The van der Waals surface area contributed by atoms with Crippen LogP contribution in [0.4, 0.5) is 0 Å². The number of hydrogen-bond acceptors (Lipinski definition) is 4. The van der Waals surface area contributed by atoms with Crippen molar-refractivity contribution >= 4 is 0 Å². The van der Waals surface area contributed by atoms with Gasteiger partial charge in [0.1, 0.15) is 0 Å². The van der Waals surface area contributed by atoms with Crippen molar-refractivity contribution < 1.29 is 4.52 Å². The number of rotatable bonds is 7. The van der Waals surface area contributed by atoms with E-state index in [2.05, 4.69) is 40.4 Å². The van der Waals surface area contributed by atoms with Gasteiger partial charge in [-0.05, 0) is 56.6 Å². The van der Waals surface area contributed by atoms with E-state index in [0.717, 1.165) is 36.9 Å². The van der Waals surface area contributed by atoms with Gasteiger partial charge in [-0.25, -0.2) is 0 Å². The summed E-state index contributed by atoms with van der Waals surface area (Å²) in [7, 11) is 0. The summed E-state index contributed by atoms with van der Waals surface area (Å²) in [6, 6.07) is 11.0. The Morgan fingerprint density at radius 1 is 0.962 bits per heavy atom. The highest BCUT2D eigenvalue weighted by molar-refractivity contribution is 5.14. The standard InChI is InChI=1S/C22H31N3O/c1-3-9-18(10-4-1)13-7-15-21-23-22(26-24-21)20-14-8-16-25(20)17-19-11-5-2-6-12-19/h1,3-4,9-10,19-20H,2,5-8,11-17H2. The van der Waals surface area contributed by atoms with Gasteiger partial charge < -0.3 is 4.52 Å². The summed E-state index contributed by atoms with van der Waals surface area (Å²) in [5.74, 6) is 2.60. The summed E-state index contributed by atoms with van der Waals surface area (Å²) in [5, 5.41) is 4.26. The molecule has 1 atom stereocenters. The molecular formula is C22H31N3O. The van der Waals surface area contributed by atoms with Crippen LogP contribution >= 0.6 is 0 Å². The third-order valence-corrected chi connectivity index (χ3v) is 6.06. The Hall–Kier alpha value is -1.68. The average Bonchev–Trinajstić information content (AvgIpc) is 3.33. The zero-order valence-corrected chi connectivity index (χ0v) is 15.8. The molecule has 1 unspecified atom stereocenters. The van der Waals surface area contributed by atoms with Crippen molar-refractivity contribution in [2.24, 2.45) is 5.92 Å². The van der Waals surface area contributed by atoms with E-state index in [0.29, 0.717) is 6.04 Å². The first-order chi connectivity index (χ1) is 12.9. The van der Waals surface area contributed by atoms with Crippen molar-refractivity contribution in [3.63, 3.8) is 0 Å². The maximum atomic E-state index is 5.67. The van der Waals surface area contributed by atoms with Crippen molar-refractivity contribution in [1.29, 1.82) is 0 Å². The second kappa shape index (κ2) is 8.81. The van der Waals surface area contributed by atoms with Crippen LogP contribution in [0.15, 0.2) is 34.9 Å². The molecule has 4 nitrogen and oxygen atoms in total. The van der Waals surface area contributed by atoms with E-state index < -0.39 is 0 Å². The molecule has 2 aliphatic rings. The molecule has 2 heterocycles. The van der Waals surface area contributed by atoms with Gasteiger partial charge in [-0.3, -0.25) is 4.90 Å². The van der Waals surface area contributed by atoms with Gasteiger partial charge >= 0.3 is 0 Å². The highest BCUT2D eigenvalue weighted by Crippen LogP contribution is 2.34. The van der Waals surface area contributed by atoms with Gasteiger partial charge in [0.25, 0.3) is 0 Å². The number of aryl methyl sites for hydroxylation is 2. The van der Waals surface area contributed by atoms with Crippen molar-refractivity contribution in [1.82, 2.24) is 15.0 Å². The van der Waals surface area contributed by atoms with Gasteiger partial charge in [-0.15, -0.1) is 0 Å². The molecule has 1 aromatic heterocycles. The summed E-state index contributed by atoms with van der Waals surface area (Å²) < 4.78 is 5.67. The molecule has 26 heavy (non-hydrogen) atoms. The van der Waals surface area contributed by atoms with E-state index in [1.54, 1.807) is 0 Å². The van der Waals surface area contributed by atoms with Gasteiger partial charge in [-0.1, -0.05) is 54.8 Å². The van der Waals surface area contributed by atoms with Gasteiger partial charge in [-0.2, -0.15) is 4.98 Å². The van der Waals surface area contributed by atoms with Crippen LogP contribution in [-0.2, 0) is 12.8 Å². The van der Waals surface area contributed by atoms with Crippen molar-refractivity contribution in [3.8, 4) is 0 Å². The monoisotopic (exact) mass is 353 g/mol. The van der Waals surface area contributed by atoms with Crippen molar-refractivity contribution in [2.45, 2.75) is 70.3 Å². The number of likely N-dealkylation sites (tertiary alicyclic amines) is 1. The molecule has 1 saturated heterocycles. The van der Waals surface area contributed by atoms with Crippen LogP contribution in [0.5, 0.6) is 0 Å². The fraction of sp³-hybridized carbons (Fsp3) is 0.636. The highest BCUT2D eigenvalue weighted by Gasteiger charge is 2.32. The topological polar surface area (TPSA) is 42.2 Å². The molecule has 1 aliphatic carbocycles. The predicted octanol–water partition coefficient (Wildman–Crippen LogP) is 4.96. The Morgan fingerprint density at radius 2 is 1.81 bits per heavy atom. The first-order valence-corrected chi connectivity index (χ1v) is 10.5. The Bertz CT molecular complexity index is 663. The summed E-state index contributed by atoms with van der Waals surface area (Å²) in [4.78, 5) is 7.36.